The van der Waals surface area contributed by atoms with Gasteiger partial charge in [-0.1, -0.05) is 25.9 Å². The monoisotopic (exact) mass is 280 g/mol. The largest absolute Gasteiger partial charge is 0.484 e. The number of thiophene rings is 1. The van der Waals surface area contributed by atoms with Crippen molar-refractivity contribution >= 4 is 17.1 Å². The number of ketones is 1. The van der Waals surface area contributed by atoms with Gasteiger partial charge in [-0.15, -0.1) is 11.3 Å². The standard InChI is InChI=1S/C13H16N2O3S/c1-8(16)11-9(5-6-19-11)17-7-10-14-12(18-15-10)13(2,3)4/h5-6H,7H2,1-4H3. The van der Waals surface area contributed by atoms with Gasteiger partial charge in [0, 0.05) is 12.3 Å². The third-order valence-electron chi connectivity index (χ3n) is 2.42. The summed E-state index contributed by atoms with van der Waals surface area (Å²) in [7, 11) is 0. The number of hydrogen-bond donors (Lipinski definition) is 0. The van der Waals surface area contributed by atoms with Crippen LogP contribution in [0.2, 0.25) is 0 Å². The van der Waals surface area contributed by atoms with Gasteiger partial charge >= 0.3 is 0 Å². The van der Waals surface area contributed by atoms with Crippen LogP contribution in [0.4, 0.5) is 0 Å². The average molecular weight is 280 g/mol. The van der Waals surface area contributed by atoms with Gasteiger partial charge in [-0.25, -0.2) is 0 Å². The van der Waals surface area contributed by atoms with Crippen LogP contribution in [0.25, 0.3) is 0 Å². The molecule has 0 aliphatic carbocycles. The molecule has 2 rings (SSSR count). The van der Waals surface area contributed by atoms with Crippen molar-refractivity contribution in [1.82, 2.24) is 10.1 Å². The zero-order valence-corrected chi connectivity index (χ0v) is 12.2. The molecule has 0 radical (unpaired) electrons. The fourth-order valence-electron chi connectivity index (χ4n) is 1.43. The second-order valence-electron chi connectivity index (χ2n) is 5.22. The summed E-state index contributed by atoms with van der Waals surface area (Å²) in [6.45, 7) is 7.70. The number of carbonyl (C=O) groups is 1. The second-order valence-corrected chi connectivity index (χ2v) is 6.14. The Morgan fingerprint density at radius 1 is 1.47 bits per heavy atom. The molecule has 0 aromatic carbocycles. The summed E-state index contributed by atoms with van der Waals surface area (Å²) in [6, 6.07) is 1.77. The first-order valence-electron chi connectivity index (χ1n) is 5.92. The Balaban J connectivity index is 2.05. The number of aromatic nitrogens is 2. The lowest BCUT2D eigenvalue weighted by atomic mass is 9.97. The summed E-state index contributed by atoms with van der Waals surface area (Å²) >= 11 is 1.36. The molecule has 0 amide bonds. The van der Waals surface area contributed by atoms with E-state index in [2.05, 4.69) is 10.1 Å². The molecule has 0 spiro atoms. The Morgan fingerprint density at radius 3 is 2.79 bits per heavy atom. The summed E-state index contributed by atoms with van der Waals surface area (Å²) in [5.41, 5.74) is -0.182. The predicted octanol–water partition coefficient (Wildman–Crippen LogP) is 3.21. The van der Waals surface area contributed by atoms with Gasteiger partial charge in [0.1, 0.15) is 10.6 Å². The first-order valence-corrected chi connectivity index (χ1v) is 6.80. The van der Waals surface area contributed by atoms with E-state index in [0.717, 1.165) is 0 Å². The smallest absolute Gasteiger partial charge is 0.232 e. The summed E-state index contributed by atoms with van der Waals surface area (Å²) < 4.78 is 10.7. The SMILES string of the molecule is CC(=O)c1sccc1OCc1noc(C(C)(C)C)n1. The topological polar surface area (TPSA) is 65.2 Å². The molecule has 0 aliphatic rings. The van der Waals surface area contributed by atoms with Gasteiger partial charge in [-0.2, -0.15) is 4.98 Å². The number of carbonyl (C=O) groups excluding carboxylic acids is 1. The highest BCUT2D eigenvalue weighted by Gasteiger charge is 2.22. The van der Waals surface area contributed by atoms with Crippen LogP contribution in [-0.2, 0) is 12.0 Å². The third kappa shape index (κ3) is 3.20. The first kappa shape index (κ1) is 13.7. The highest BCUT2D eigenvalue weighted by atomic mass is 32.1. The molecule has 19 heavy (non-hydrogen) atoms. The van der Waals surface area contributed by atoms with Crippen molar-refractivity contribution in [2.24, 2.45) is 0 Å². The zero-order valence-electron chi connectivity index (χ0n) is 11.4. The maximum absolute atomic E-state index is 11.4. The van der Waals surface area contributed by atoms with Gasteiger partial charge in [0.25, 0.3) is 0 Å². The molecule has 6 heteroatoms. The Hall–Kier alpha value is -1.69. The molecule has 0 aliphatic heterocycles. The van der Waals surface area contributed by atoms with Crippen LogP contribution in [-0.4, -0.2) is 15.9 Å². The van der Waals surface area contributed by atoms with Crippen LogP contribution in [0.3, 0.4) is 0 Å². The van der Waals surface area contributed by atoms with Gasteiger partial charge in [-0.05, 0) is 11.4 Å². The molecule has 2 heterocycles. The molecule has 0 N–H and O–H groups in total. The second kappa shape index (κ2) is 5.13. The van der Waals surface area contributed by atoms with Gasteiger partial charge in [0.05, 0.1) is 0 Å². The van der Waals surface area contributed by atoms with E-state index in [4.69, 9.17) is 9.26 Å². The maximum atomic E-state index is 11.4. The van der Waals surface area contributed by atoms with E-state index in [-0.39, 0.29) is 17.8 Å². The lowest BCUT2D eigenvalue weighted by Gasteiger charge is -2.10. The Bertz CT molecular complexity index is 581. The van der Waals surface area contributed by atoms with Gasteiger partial charge in [0.2, 0.25) is 11.7 Å². The summed E-state index contributed by atoms with van der Waals surface area (Å²) in [6.07, 6.45) is 0. The summed E-state index contributed by atoms with van der Waals surface area (Å²) in [4.78, 5) is 16.2. The number of rotatable bonds is 4. The molecule has 0 bridgehead atoms. The number of hydrogen-bond acceptors (Lipinski definition) is 6. The van der Waals surface area contributed by atoms with Crippen LogP contribution < -0.4 is 4.74 Å². The minimum Gasteiger partial charge on any atom is -0.484 e. The van der Waals surface area contributed by atoms with Crippen molar-refractivity contribution in [1.29, 1.82) is 0 Å². The van der Waals surface area contributed by atoms with E-state index in [0.29, 0.717) is 22.3 Å². The highest BCUT2D eigenvalue weighted by molar-refractivity contribution is 7.12. The van der Waals surface area contributed by atoms with E-state index in [1.54, 1.807) is 6.07 Å². The highest BCUT2D eigenvalue weighted by Crippen LogP contribution is 2.26. The lowest BCUT2D eigenvalue weighted by Crippen LogP contribution is -2.11. The Kier molecular flexibility index (Phi) is 3.71. The predicted molar refractivity (Wildman–Crippen MR) is 71.7 cm³/mol. The fourth-order valence-corrected chi connectivity index (χ4v) is 2.16. The van der Waals surface area contributed by atoms with Gasteiger partial charge in [0.15, 0.2) is 12.4 Å². The van der Waals surface area contributed by atoms with E-state index in [1.807, 2.05) is 26.2 Å². The lowest BCUT2D eigenvalue weighted by molar-refractivity contribution is 0.101. The number of Topliss-reactive ketones (excluding diaryl/α,β-unsaturated/α-hetero) is 1. The molecule has 2 aromatic heterocycles. The normalized spacial score (nSPS) is 11.6. The average Bonchev–Trinajstić information content (AvgIpc) is 2.94. The van der Waals surface area contributed by atoms with E-state index in [9.17, 15) is 4.79 Å². The minimum absolute atomic E-state index is 0.00603. The number of ether oxygens (including phenoxy) is 1. The Labute approximate surface area is 115 Å². The van der Waals surface area contributed by atoms with E-state index < -0.39 is 0 Å². The zero-order chi connectivity index (χ0) is 14.0. The Morgan fingerprint density at radius 2 is 2.21 bits per heavy atom. The number of nitrogens with zero attached hydrogens (tertiary/aromatic N) is 2. The van der Waals surface area contributed by atoms with Crippen molar-refractivity contribution in [3.05, 3.63) is 28.0 Å². The quantitative estimate of drug-likeness (QED) is 0.804. The molecule has 0 saturated heterocycles. The summed E-state index contributed by atoms with van der Waals surface area (Å²) in [5, 5.41) is 5.69. The molecule has 2 aromatic rings. The molecular weight excluding hydrogens is 264 g/mol. The van der Waals surface area contributed by atoms with Crippen LogP contribution >= 0.6 is 11.3 Å². The maximum Gasteiger partial charge on any atom is 0.232 e. The fraction of sp³-hybridized carbons (Fsp3) is 0.462. The molecule has 0 saturated carbocycles. The van der Waals surface area contributed by atoms with Crippen molar-refractivity contribution in [2.45, 2.75) is 39.7 Å². The van der Waals surface area contributed by atoms with Crippen LogP contribution in [0.15, 0.2) is 16.0 Å². The van der Waals surface area contributed by atoms with Crippen LogP contribution in [0.5, 0.6) is 5.75 Å². The minimum atomic E-state index is -0.182. The van der Waals surface area contributed by atoms with Crippen LogP contribution in [0, 0.1) is 0 Å². The molecule has 0 atom stereocenters. The molecular formula is C13H16N2O3S. The summed E-state index contributed by atoms with van der Waals surface area (Å²) in [5.74, 6) is 1.61. The van der Waals surface area contributed by atoms with Crippen molar-refractivity contribution in [3.8, 4) is 5.75 Å². The van der Waals surface area contributed by atoms with E-state index in [1.165, 1.54) is 18.3 Å². The molecule has 0 unspecified atom stereocenters. The van der Waals surface area contributed by atoms with Crippen molar-refractivity contribution in [3.63, 3.8) is 0 Å². The van der Waals surface area contributed by atoms with Crippen molar-refractivity contribution in [2.75, 3.05) is 0 Å². The molecule has 0 fully saturated rings. The molecule has 102 valence electrons. The van der Waals surface area contributed by atoms with Gasteiger partial charge in [-0.3, -0.25) is 4.79 Å². The van der Waals surface area contributed by atoms with Crippen LogP contribution in [0.1, 0.15) is 49.1 Å². The van der Waals surface area contributed by atoms with Crippen molar-refractivity contribution < 1.29 is 14.1 Å². The van der Waals surface area contributed by atoms with Gasteiger partial charge < -0.3 is 9.26 Å². The third-order valence-corrected chi connectivity index (χ3v) is 3.41. The first-order chi connectivity index (χ1) is 8.88. The molecule has 5 nitrogen and oxygen atoms in total. The van der Waals surface area contributed by atoms with E-state index >= 15 is 0 Å².